The number of aryl methyl sites for hydroxylation is 1. The van der Waals surface area contributed by atoms with E-state index in [1.165, 1.54) is 12.8 Å². The van der Waals surface area contributed by atoms with Crippen molar-refractivity contribution < 1.29 is 4.74 Å². The first-order valence-corrected chi connectivity index (χ1v) is 5.90. The quantitative estimate of drug-likeness (QED) is 0.714. The second-order valence-corrected chi connectivity index (χ2v) is 4.44. The Morgan fingerprint density at radius 3 is 2.94 bits per heavy atom. The van der Waals surface area contributed by atoms with Gasteiger partial charge in [-0.1, -0.05) is 0 Å². The second kappa shape index (κ2) is 5.41. The van der Waals surface area contributed by atoms with E-state index in [9.17, 15) is 0 Å². The van der Waals surface area contributed by atoms with Crippen molar-refractivity contribution in [2.75, 3.05) is 20.3 Å². The van der Waals surface area contributed by atoms with Gasteiger partial charge >= 0.3 is 0 Å². The Balaban J connectivity index is 1.69. The first kappa shape index (κ1) is 11.5. The summed E-state index contributed by atoms with van der Waals surface area (Å²) in [6.07, 6.45) is 3.54. The van der Waals surface area contributed by atoms with E-state index >= 15 is 0 Å². The molecule has 0 amide bonds. The summed E-state index contributed by atoms with van der Waals surface area (Å²) >= 11 is 0. The lowest BCUT2D eigenvalue weighted by Gasteiger charge is -2.16. The number of ether oxygens (including phenoxy) is 1. The molecule has 5 heteroatoms. The predicted octanol–water partition coefficient (Wildman–Crippen LogP) is 0.670. The lowest BCUT2D eigenvalue weighted by molar-refractivity contribution is 0.158. The monoisotopic (exact) mass is 224 g/mol. The van der Waals surface area contributed by atoms with Crippen LogP contribution in [-0.4, -0.2) is 41.5 Å². The third-order valence-electron chi connectivity index (χ3n) is 2.94. The van der Waals surface area contributed by atoms with Crippen molar-refractivity contribution in [2.24, 2.45) is 5.92 Å². The van der Waals surface area contributed by atoms with Gasteiger partial charge in [-0.3, -0.25) is 5.10 Å². The molecule has 2 rings (SSSR count). The SMILES string of the molecule is COCC(NCCc1n[nH]c(C)n1)C1CC1. The van der Waals surface area contributed by atoms with Gasteiger partial charge in [0.2, 0.25) is 0 Å². The number of aromatic amines is 1. The molecule has 16 heavy (non-hydrogen) atoms. The average molecular weight is 224 g/mol. The van der Waals surface area contributed by atoms with Gasteiger partial charge in [0.15, 0.2) is 5.82 Å². The molecule has 1 saturated carbocycles. The molecule has 1 aliphatic rings. The van der Waals surface area contributed by atoms with Gasteiger partial charge in [-0.2, -0.15) is 5.10 Å². The zero-order chi connectivity index (χ0) is 11.4. The molecule has 1 fully saturated rings. The van der Waals surface area contributed by atoms with Crippen molar-refractivity contribution in [2.45, 2.75) is 32.2 Å². The molecule has 0 saturated heterocycles. The van der Waals surface area contributed by atoms with Crippen LogP contribution in [0.3, 0.4) is 0 Å². The van der Waals surface area contributed by atoms with E-state index in [1.807, 2.05) is 6.92 Å². The van der Waals surface area contributed by atoms with E-state index in [4.69, 9.17) is 4.74 Å². The van der Waals surface area contributed by atoms with Crippen LogP contribution in [0, 0.1) is 12.8 Å². The van der Waals surface area contributed by atoms with Gasteiger partial charge < -0.3 is 10.1 Å². The van der Waals surface area contributed by atoms with E-state index in [0.29, 0.717) is 6.04 Å². The molecule has 90 valence electrons. The zero-order valence-corrected chi connectivity index (χ0v) is 9.99. The van der Waals surface area contributed by atoms with Gasteiger partial charge in [-0.05, 0) is 25.7 Å². The van der Waals surface area contributed by atoms with Crippen LogP contribution in [0.15, 0.2) is 0 Å². The first-order chi connectivity index (χ1) is 7.79. The standard InChI is InChI=1S/C11H20N4O/c1-8-13-11(15-14-8)5-6-12-10(7-16-2)9-3-4-9/h9-10,12H,3-7H2,1-2H3,(H,13,14,15). The van der Waals surface area contributed by atoms with Gasteiger partial charge in [0.05, 0.1) is 6.61 Å². The second-order valence-electron chi connectivity index (χ2n) is 4.44. The van der Waals surface area contributed by atoms with Crippen molar-refractivity contribution in [3.8, 4) is 0 Å². The summed E-state index contributed by atoms with van der Waals surface area (Å²) in [5.74, 6) is 2.58. The van der Waals surface area contributed by atoms with Crippen LogP contribution >= 0.6 is 0 Å². The highest BCUT2D eigenvalue weighted by Gasteiger charge is 2.30. The molecule has 1 aliphatic carbocycles. The van der Waals surface area contributed by atoms with Crippen LogP contribution in [0.4, 0.5) is 0 Å². The number of rotatable bonds is 7. The summed E-state index contributed by atoms with van der Waals surface area (Å²) in [5, 5.41) is 10.5. The molecule has 5 nitrogen and oxygen atoms in total. The van der Waals surface area contributed by atoms with Crippen LogP contribution in [0.25, 0.3) is 0 Å². The molecule has 0 radical (unpaired) electrons. The fourth-order valence-corrected chi connectivity index (χ4v) is 1.91. The molecule has 0 aromatic carbocycles. The summed E-state index contributed by atoms with van der Waals surface area (Å²) < 4.78 is 5.21. The molecule has 1 aromatic heterocycles. The molecule has 1 atom stereocenters. The number of aromatic nitrogens is 3. The zero-order valence-electron chi connectivity index (χ0n) is 9.99. The Hall–Kier alpha value is -0.940. The van der Waals surface area contributed by atoms with Crippen molar-refractivity contribution in [3.63, 3.8) is 0 Å². The number of nitrogens with zero attached hydrogens (tertiary/aromatic N) is 2. The highest BCUT2D eigenvalue weighted by atomic mass is 16.5. The number of methoxy groups -OCH3 is 1. The Labute approximate surface area is 96.0 Å². The summed E-state index contributed by atoms with van der Waals surface area (Å²) in [7, 11) is 1.76. The summed E-state index contributed by atoms with van der Waals surface area (Å²) in [6, 6.07) is 0.505. The van der Waals surface area contributed by atoms with Crippen molar-refractivity contribution >= 4 is 0 Å². The normalized spacial score (nSPS) is 17.6. The fourth-order valence-electron chi connectivity index (χ4n) is 1.91. The Bertz CT molecular complexity index is 322. The van der Waals surface area contributed by atoms with E-state index < -0.39 is 0 Å². The number of nitrogens with one attached hydrogen (secondary N) is 2. The van der Waals surface area contributed by atoms with Crippen molar-refractivity contribution in [1.82, 2.24) is 20.5 Å². The molecule has 1 heterocycles. The summed E-state index contributed by atoms with van der Waals surface area (Å²) in [6.45, 7) is 3.64. The average Bonchev–Trinajstić information content (AvgIpc) is 3.02. The summed E-state index contributed by atoms with van der Waals surface area (Å²) in [5.41, 5.74) is 0. The van der Waals surface area contributed by atoms with E-state index in [2.05, 4.69) is 20.5 Å². The fraction of sp³-hybridized carbons (Fsp3) is 0.818. The predicted molar refractivity (Wildman–Crippen MR) is 61.2 cm³/mol. The molecular weight excluding hydrogens is 204 g/mol. The van der Waals surface area contributed by atoms with Gasteiger partial charge in [0, 0.05) is 26.1 Å². The maximum Gasteiger partial charge on any atom is 0.151 e. The Kier molecular flexibility index (Phi) is 3.90. The van der Waals surface area contributed by atoms with Crippen LogP contribution in [0.5, 0.6) is 0 Å². The lowest BCUT2D eigenvalue weighted by Crippen LogP contribution is -2.36. The number of H-pyrrole nitrogens is 1. The minimum atomic E-state index is 0.505. The first-order valence-electron chi connectivity index (χ1n) is 5.90. The largest absolute Gasteiger partial charge is 0.383 e. The highest BCUT2D eigenvalue weighted by molar-refractivity contribution is 4.90. The smallest absolute Gasteiger partial charge is 0.151 e. The third kappa shape index (κ3) is 3.28. The van der Waals surface area contributed by atoms with Gasteiger partial charge in [0.25, 0.3) is 0 Å². The van der Waals surface area contributed by atoms with Crippen LogP contribution in [0.2, 0.25) is 0 Å². The van der Waals surface area contributed by atoms with Gasteiger partial charge in [0.1, 0.15) is 5.82 Å². The molecule has 0 spiro atoms. The van der Waals surface area contributed by atoms with Crippen LogP contribution < -0.4 is 5.32 Å². The molecule has 1 aromatic rings. The van der Waals surface area contributed by atoms with E-state index in [0.717, 1.165) is 37.1 Å². The Morgan fingerprint density at radius 1 is 1.56 bits per heavy atom. The maximum absolute atomic E-state index is 5.21. The molecule has 1 unspecified atom stereocenters. The maximum atomic E-state index is 5.21. The van der Waals surface area contributed by atoms with Crippen LogP contribution in [-0.2, 0) is 11.2 Å². The Morgan fingerprint density at radius 2 is 2.38 bits per heavy atom. The molecule has 0 aliphatic heterocycles. The molecular formula is C11H20N4O. The lowest BCUT2D eigenvalue weighted by atomic mass is 10.2. The highest BCUT2D eigenvalue weighted by Crippen LogP contribution is 2.32. The topological polar surface area (TPSA) is 62.8 Å². The van der Waals surface area contributed by atoms with Gasteiger partial charge in [-0.25, -0.2) is 4.98 Å². The molecule has 0 bridgehead atoms. The number of hydrogen-bond donors (Lipinski definition) is 2. The molecule has 2 N–H and O–H groups in total. The number of hydrogen-bond acceptors (Lipinski definition) is 4. The van der Waals surface area contributed by atoms with Crippen LogP contribution in [0.1, 0.15) is 24.5 Å². The van der Waals surface area contributed by atoms with E-state index in [-0.39, 0.29) is 0 Å². The summed E-state index contributed by atoms with van der Waals surface area (Å²) in [4.78, 5) is 4.28. The minimum absolute atomic E-state index is 0.505. The minimum Gasteiger partial charge on any atom is -0.383 e. The third-order valence-corrected chi connectivity index (χ3v) is 2.94. The van der Waals surface area contributed by atoms with Crippen molar-refractivity contribution in [1.29, 1.82) is 0 Å². The van der Waals surface area contributed by atoms with Gasteiger partial charge in [-0.15, -0.1) is 0 Å². The van der Waals surface area contributed by atoms with E-state index in [1.54, 1.807) is 7.11 Å². The van der Waals surface area contributed by atoms with Crippen molar-refractivity contribution in [3.05, 3.63) is 11.6 Å².